The first-order chi connectivity index (χ1) is 17.8. The van der Waals surface area contributed by atoms with E-state index in [1.165, 1.54) is 10.2 Å². The Labute approximate surface area is 241 Å². The average Bonchev–Trinajstić information content (AvgIpc) is 2.87. The van der Waals surface area contributed by atoms with Gasteiger partial charge in [0.1, 0.15) is 12.4 Å². The lowest BCUT2D eigenvalue weighted by Crippen LogP contribution is -2.22. The van der Waals surface area contributed by atoms with Crippen molar-refractivity contribution < 1.29 is 9.47 Å². The quantitative estimate of drug-likeness (QED) is 0.168. The van der Waals surface area contributed by atoms with Gasteiger partial charge in [0.05, 0.1) is 28.2 Å². The molecule has 0 aliphatic heterocycles. The van der Waals surface area contributed by atoms with E-state index >= 15 is 0 Å². The van der Waals surface area contributed by atoms with Crippen molar-refractivity contribution >= 4 is 64.9 Å². The van der Waals surface area contributed by atoms with Crippen LogP contribution in [-0.4, -0.2) is 22.5 Å². The van der Waals surface area contributed by atoms with Gasteiger partial charge in [-0.05, 0) is 82.0 Å². The van der Waals surface area contributed by atoms with E-state index in [-0.39, 0.29) is 5.56 Å². The fourth-order valence-corrected chi connectivity index (χ4v) is 5.17. The second kappa shape index (κ2) is 12.4. The van der Waals surface area contributed by atoms with E-state index in [1.807, 2.05) is 44.2 Å². The lowest BCUT2D eigenvalue weighted by atomic mass is 10.1. The third-order valence-electron chi connectivity index (χ3n) is 5.58. The molecule has 0 radical (unpaired) electrons. The van der Waals surface area contributed by atoms with Crippen molar-refractivity contribution in [3.8, 4) is 11.5 Å². The van der Waals surface area contributed by atoms with Crippen LogP contribution in [0.1, 0.15) is 42.8 Å². The van der Waals surface area contributed by atoms with Gasteiger partial charge in [-0.1, -0.05) is 52.7 Å². The molecule has 9 heteroatoms. The second-order valence-electron chi connectivity index (χ2n) is 8.43. The van der Waals surface area contributed by atoms with Gasteiger partial charge < -0.3 is 9.47 Å². The zero-order chi connectivity index (χ0) is 26.5. The van der Waals surface area contributed by atoms with Gasteiger partial charge in [-0.15, -0.1) is 0 Å². The third-order valence-corrected chi connectivity index (χ3v) is 8.22. The Morgan fingerprint density at radius 1 is 1.03 bits per heavy atom. The smallest absolute Gasteiger partial charge is 0.282 e. The Bertz CT molecular complexity index is 1530. The highest BCUT2D eigenvalue weighted by molar-refractivity contribution is 9.13. The zero-order valence-corrected chi connectivity index (χ0v) is 25.5. The van der Waals surface area contributed by atoms with Crippen LogP contribution in [0, 0.1) is 6.92 Å². The highest BCUT2D eigenvalue weighted by Gasteiger charge is 2.18. The Hall–Kier alpha value is -2.49. The first-order valence-electron chi connectivity index (χ1n) is 11.9. The molecule has 0 amide bonds. The van der Waals surface area contributed by atoms with E-state index in [2.05, 4.69) is 71.9 Å². The molecule has 6 nitrogen and oxygen atoms in total. The van der Waals surface area contributed by atoms with Crippen LogP contribution in [0.25, 0.3) is 10.9 Å². The Morgan fingerprint density at radius 3 is 2.57 bits per heavy atom. The van der Waals surface area contributed by atoms with E-state index < -0.39 is 0 Å². The largest absolute Gasteiger partial charge is 0.490 e. The van der Waals surface area contributed by atoms with Crippen molar-refractivity contribution in [2.75, 3.05) is 6.61 Å². The van der Waals surface area contributed by atoms with Gasteiger partial charge in [-0.2, -0.15) is 9.78 Å². The molecule has 0 unspecified atom stereocenters. The van der Waals surface area contributed by atoms with Crippen molar-refractivity contribution in [1.29, 1.82) is 0 Å². The Morgan fingerprint density at radius 2 is 1.84 bits per heavy atom. The van der Waals surface area contributed by atoms with Gasteiger partial charge in [0.25, 0.3) is 5.56 Å². The van der Waals surface area contributed by atoms with E-state index in [4.69, 9.17) is 14.5 Å². The monoisotopic (exact) mass is 689 g/mol. The predicted octanol–water partition coefficient (Wildman–Crippen LogP) is 7.80. The topological polar surface area (TPSA) is 65.7 Å². The maximum Gasteiger partial charge on any atom is 0.282 e. The first-order valence-corrected chi connectivity index (χ1v) is 14.3. The third kappa shape index (κ3) is 6.33. The van der Waals surface area contributed by atoms with Crippen LogP contribution >= 0.6 is 47.8 Å². The second-order valence-corrected chi connectivity index (χ2v) is 10.9. The van der Waals surface area contributed by atoms with Crippen LogP contribution in [0.15, 0.2) is 71.8 Å². The van der Waals surface area contributed by atoms with E-state index in [9.17, 15) is 4.79 Å². The molecule has 0 aliphatic carbocycles. The van der Waals surface area contributed by atoms with Crippen LogP contribution in [0.2, 0.25) is 0 Å². The van der Waals surface area contributed by atoms with Crippen LogP contribution in [0.3, 0.4) is 0 Å². The minimum Gasteiger partial charge on any atom is -0.490 e. The Balaban J connectivity index is 1.74. The predicted molar refractivity (Wildman–Crippen MR) is 159 cm³/mol. The molecule has 0 atom stereocenters. The number of halogens is 3. The summed E-state index contributed by atoms with van der Waals surface area (Å²) in [4.78, 5) is 18.0. The van der Waals surface area contributed by atoms with Crippen LogP contribution in [-0.2, 0) is 13.0 Å². The molecule has 0 aliphatic rings. The summed E-state index contributed by atoms with van der Waals surface area (Å²) in [6.45, 7) is 6.88. The van der Waals surface area contributed by atoms with E-state index in [1.54, 1.807) is 12.3 Å². The van der Waals surface area contributed by atoms with Crippen LogP contribution in [0.4, 0.5) is 0 Å². The first kappa shape index (κ1) is 27.5. The number of rotatable bonds is 9. The van der Waals surface area contributed by atoms with Gasteiger partial charge in [0.15, 0.2) is 11.5 Å². The normalized spacial score (nSPS) is 11.4. The summed E-state index contributed by atoms with van der Waals surface area (Å²) in [6.07, 6.45) is 3.09. The molecule has 1 heterocycles. The molecular formula is C28H26Br3N3O3. The number of ether oxygens (including phenoxy) is 2. The van der Waals surface area contributed by atoms with Gasteiger partial charge in [-0.25, -0.2) is 4.98 Å². The SMILES string of the molecule is CCCc1nc2ccc(Br)cc2c(=O)n1N=Cc1cc(OCC)c(OCc2cccc(C)c2)c(Br)c1Br. The fraction of sp³-hybridized carbons (Fsp3) is 0.250. The number of aryl methyl sites for hydroxylation is 2. The molecule has 3 aromatic carbocycles. The lowest BCUT2D eigenvalue weighted by Gasteiger charge is -2.16. The van der Waals surface area contributed by atoms with Crippen molar-refractivity contribution in [2.24, 2.45) is 5.10 Å². The molecular weight excluding hydrogens is 666 g/mol. The fourth-order valence-electron chi connectivity index (χ4n) is 3.87. The van der Waals surface area contributed by atoms with Gasteiger partial charge in [0.2, 0.25) is 0 Å². The molecule has 192 valence electrons. The molecule has 0 fully saturated rings. The molecule has 1 aromatic heterocycles. The van der Waals surface area contributed by atoms with Crippen LogP contribution in [0.5, 0.6) is 11.5 Å². The summed E-state index contributed by atoms with van der Waals surface area (Å²) < 4.78 is 15.7. The number of fused-ring (bicyclic) bond motifs is 1. The number of aromatic nitrogens is 2. The van der Waals surface area contributed by atoms with Crippen LogP contribution < -0.4 is 15.0 Å². The summed E-state index contributed by atoms with van der Waals surface area (Å²) >= 11 is 10.8. The highest BCUT2D eigenvalue weighted by Crippen LogP contribution is 2.43. The summed E-state index contributed by atoms with van der Waals surface area (Å²) in [7, 11) is 0. The van der Waals surface area contributed by atoms with Gasteiger partial charge in [-0.3, -0.25) is 4.79 Å². The molecule has 0 spiro atoms. The summed E-state index contributed by atoms with van der Waals surface area (Å²) in [5, 5.41) is 5.07. The number of benzene rings is 3. The molecule has 0 bridgehead atoms. The number of hydrogen-bond donors (Lipinski definition) is 0. The average molecular weight is 692 g/mol. The maximum atomic E-state index is 13.3. The zero-order valence-electron chi connectivity index (χ0n) is 20.7. The standard InChI is InChI=1S/C28H26Br3N3O3/c1-4-7-24-33-22-11-10-20(29)14-21(22)28(35)34(24)32-15-19-13-23(36-5-2)27(26(31)25(19)30)37-16-18-9-6-8-17(3)12-18/h6,8-15H,4-5,7,16H2,1-3H3. The van der Waals surface area contributed by atoms with Crippen molar-refractivity contribution in [1.82, 2.24) is 9.66 Å². The minimum absolute atomic E-state index is 0.218. The molecule has 37 heavy (non-hydrogen) atoms. The van der Waals surface area contributed by atoms with Crippen molar-refractivity contribution in [3.63, 3.8) is 0 Å². The van der Waals surface area contributed by atoms with Crippen molar-refractivity contribution in [2.45, 2.75) is 40.2 Å². The van der Waals surface area contributed by atoms with E-state index in [0.717, 1.165) is 26.5 Å². The maximum absolute atomic E-state index is 13.3. The number of nitrogens with zero attached hydrogens (tertiary/aromatic N) is 3. The molecule has 4 aromatic rings. The molecule has 4 rings (SSSR count). The van der Waals surface area contributed by atoms with Gasteiger partial charge in [0, 0.05) is 20.9 Å². The van der Waals surface area contributed by atoms with E-state index in [0.29, 0.717) is 52.3 Å². The molecule has 0 N–H and O–H groups in total. The summed E-state index contributed by atoms with van der Waals surface area (Å²) in [6, 6.07) is 15.5. The van der Waals surface area contributed by atoms with Crippen molar-refractivity contribution in [3.05, 3.63) is 94.8 Å². The Kier molecular flexibility index (Phi) is 9.21. The molecule has 0 saturated carbocycles. The summed E-state index contributed by atoms with van der Waals surface area (Å²) in [5.74, 6) is 1.78. The molecule has 0 saturated heterocycles. The lowest BCUT2D eigenvalue weighted by molar-refractivity contribution is 0.267. The number of hydrogen-bond acceptors (Lipinski definition) is 5. The minimum atomic E-state index is -0.218. The highest BCUT2D eigenvalue weighted by atomic mass is 79.9. The van der Waals surface area contributed by atoms with Gasteiger partial charge >= 0.3 is 0 Å². The summed E-state index contributed by atoms with van der Waals surface area (Å²) in [5.41, 5.74) is 3.40.